The topological polar surface area (TPSA) is 56.4 Å². The Morgan fingerprint density at radius 1 is 0.838 bits per heavy atom. The third kappa shape index (κ3) is 6.09. The van der Waals surface area contributed by atoms with E-state index in [0.717, 1.165) is 74.5 Å². The zero-order valence-electron chi connectivity index (χ0n) is 21.4. The molecule has 3 aromatic carbocycles. The number of nitrogens with one attached hydrogen (secondary N) is 3. The number of hydrogen-bond donors (Lipinski definition) is 3. The fourth-order valence-electron chi connectivity index (χ4n) is 5.24. The summed E-state index contributed by atoms with van der Waals surface area (Å²) < 4.78 is 13.6. The van der Waals surface area contributed by atoms with Crippen molar-refractivity contribution < 1.29 is 9.18 Å². The van der Waals surface area contributed by atoms with Crippen molar-refractivity contribution >= 4 is 17.2 Å². The Kier molecular flexibility index (Phi) is 7.97. The van der Waals surface area contributed by atoms with Crippen LogP contribution in [0.3, 0.4) is 0 Å². The van der Waals surface area contributed by atoms with Crippen molar-refractivity contribution in [1.82, 2.24) is 16.0 Å². The summed E-state index contributed by atoms with van der Waals surface area (Å²) in [5.74, 6) is -0.297. The Bertz CT molecular complexity index is 1240. The molecule has 0 aliphatic carbocycles. The normalized spacial score (nSPS) is 16.8. The van der Waals surface area contributed by atoms with Crippen LogP contribution in [0.4, 0.5) is 10.1 Å². The lowest BCUT2D eigenvalue weighted by Crippen LogP contribution is -2.43. The van der Waals surface area contributed by atoms with Crippen LogP contribution in [0.1, 0.15) is 52.9 Å². The lowest BCUT2D eigenvalue weighted by molar-refractivity contribution is 0.0940. The van der Waals surface area contributed by atoms with Gasteiger partial charge >= 0.3 is 0 Å². The predicted octanol–water partition coefficient (Wildman–Crippen LogP) is 4.91. The molecule has 1 amide bonds. The van der Waals surface area contributed by atoms with Gasteiger partial charge in [-0.05, 0) is 85.5 Å². The maximum Gasteiger partial charge on any atom is 0.251 e. The van der Waals surface area contributed by atoms with Gasteiger partial charge in [0.25, 0.3) is 5.91 Å². The van der Waals surface area contributed by atoms with Crippen molar-refractivity contribution in [2.45, 2.75) is 25.8 Å². The van der Waals surface area contributed by atoms with Gasteiger partial charge in [0.2, 0.25) is 0 Å². The molecule has 37 heavy (non-hydrogen) atoms. The lowest BCUT2D eigenvalue weighted by atomic mass is 9.88. The van der Waals surface area contributed by atoms with E-state index in [1.807, 2.05) is 37.3 Å². The summed E-state index contributed by atoms with van der Waals surface area (Å²) in [7, 11) is 0. The maximum atomic E-state index is 13.6. The zero-order chi connectivity index (χ0) is 25.6. The number of carbonyl (C=O) groups excluding carboxylic acids is 1. The molecule has 0 unspecified atom stereocenters. The first-order valence-corrected chi connectivity index (χ1v) is 13.2. The number of amides is 1. The highest BCUT2D eigenvalue weighted by atomic mass is 19.1. The highest BCUT2D eigenvalue weighted by Gasteiger charge is 2.17. The van der Waals surface area contributed by atoms with Crippen molar-refractivity contribution in [2.24, 2.45) is 0 Å². The molecule has 6 heteroatoms. The molecule has 192 valence electrons. The van der Waals surface area contributed by atoms with E-state index in [1.165, 1.54) is 23.3 Å². The number of carbonyl (C=O) groups is 1. The molecule has 5 nitrogen and oxygen atoms in total. The van der Waals surface area contributed by atoms with E-state index in [4.69, 9.17) is 0 Å². The van der Waals surface area contributed by atoms with Crippen molar-refractivity contribution in [2.75, 3.05) is 44.2 Å². The van der Waals surface area contributed by atoms with Crippen LogP contribution in [-0.4, -0.2) is 45.2 Å². The molecule has 2 fully saturated rings. The van der Waals surface area contributed by atoms with Crippen LogP contribution >= 0.6 is 0 Å². The van der Waals surface area contributed by atoms with Gasteiger partial charge in [0.15, 0.2) is 0 Å². The Morgan fingerprint density at radius 3 is 2.14 bits per heavy atom. The summed E-state index contributed by atoms with van der Waals surface area (Å²) in [5.41, 5.74) is 7.55. The van der Waals surface area contributed by atoms with Gasteiger partial charge in [0, 0.05) is 37.4 Å². The molecule has 2 aliphatic heterocycles. The number of benzene rings is 3. The van der Waals surface area contributed by atoms with Gasteiger partial charge in [-0.15, -0.1) is 0 Å². The summed E-state index contributed by atoms with van der Waals surface area (Å²) >= 11 is 0. The van der Waals surface area contributed by atoms with Crippen LogP contribution in [0.2, 0.25) is 0 Å². The number of piperidine rings is 1. The zero-order valence-corrected chi connectivity index (χ0v) is 21.4. The molecule has 0 spiro atoms. The molecule has 2 aliphatic rings. The minimum atomic E-state index is -0.225. The molecule has 0 aromatic heterocycles. The number of hydrogen-bond acceptors (Lipinski definition) is 4. The highest BCUT2D eigenvalue weighted by molar-refractivity contribution is 5.95. The molecule has 0 bridgehead atoms. The summed E-state index contributed by atoms with van der Waals surface area (Å²) in [5, 5.41) is 9.95. The number of piperazine rings is 1. The lowest BCUT2D eigenvalue weighted by Gasteiger charge is -2.29. The number of nitrogens with zero attached hydrogens (tertiary/aromatic N) is 1. The molecular formula is C31H35FN4O. The van der Waals surface area contributed by atoms with Crippen molar-refractivity contribution in [3.05, 3.63) is 106 Å². The average molecular weight is 499 g/mol. The first-order chi connectivity index (χ1) is 18.1. The third-order valence-electron chi connectivity index (χ3n) is 7.33. The number of anilines is 1. The monoisotopic (exact) mass is 498 g/mol. The van der Waals surface area contributed by atoms with E-state index in [2.05, 4.69) is 51.2 Å². The van der Waals surface area contributed by atoms with Crippen LogP contribution in [0.15, 0.2) is 78.4 Å². The molecular weight excluding hydrogens is 463 g/mol. The fourth-order valence-corrected chi connectivity index (χ4v) is 5.24. The first kappa shape index (κ1) is 25.2. The summed E-state index contributed by atoms with van der Waals surface area (Å²) in [4.78, 5) is 15.4. The molecule has 3 aromatic rings. The standard InChI is InChI=1S/C31H35FN4O/c1-22(35-31(37)27-3-2-4-29(21-27)36-19-17-34-18-20-36)23-5-7-24(8-6-23)30(26-13-15-33-16-14-26)25-9-11-28(32)12-10-25/h2-12,21-22,33-34H,13-20H2,1H3,(H,35,37)/t22-/m1/s1. The second kappa shape index (κ2) is 11.7. The Labute approximate surface area is 218 Å². The Morgan fingerprint density at radius 2 is 1.46 bits per heavy atom. The van der Waals surface area contributed by atoms with E-state index < -0.39 is 0 Å². The van der Waals surface area contributed by atoms with E-state index in [9.17, 15) is 9.18 Å². The van der Waals surface area contributed by atoms with Crippen LogP contribution in [0, 0.1) is 5.82 Å². The van der Waals surface area contributed by atoms with Crippen molar-refractivity contribution in [3.63, 3.8) is 0 Å². The number of halogens is 1. The van der Waals surface area contributed by atoms with Crippen LogP contribution in [0.25, 0.3) is 5.57 Å². The second-order valence-electron chi connectivity index (χ2n) is 9.84. The molecule has 2 saturated heterocycles. The average Bonchev–Trinajstić information content (AvgIpc) is 2.96. The quantitative estimate of drug-likeness (QED) is 0.452. The van der Waals surface area contributed by atoms with Gasteiger partial charge in [-0.25, -0.2) is 4.39 Å². The second-order valence-corrected chi connectivity index (χ2v) is 9.84. The molecule has 0 radical (unpaired) electrons. The SMILES string of the molecule is C[C@@H](NC(=O)c1cccc(N2CCNCC2)c1)c1ccc(C(=C2CCNCC2)c2ccc(F)cc2)cc1. The molecule has 1 atom stereocenters. The van der Waals surface area contributed by atoms with E-state index in [-0.39, 0.29) is 17.8 Å². The Hall–Kier alpha value is -3.48. The van der Waals surface area contributed by atoms with Crippen LogP contribution in [-0.2, 0) is 0 Å². The van der Waals surface area contributed by atoms with E-state index in [1.54, 1.807) is 0 Å². The van der Waals surface area contributed by atoms with Gasteiger partial charge in [-0.2, -0.15) is 0 Å². The molecule has 5 rings (SSSR count). The van der Waals surface area contributed by atoms with E-state index in [0.29, 0.717) is 5.56 Å². The van der Waals surface area contributed by atoms with Crippen molar-refractivity contribution in [3.8, 4) is 0 Å². The van der Waals surface area contributed by atoms with Gasteiger partial charge in [-0.1, -0.05) is 48.0 Å². The predicted molar refractivity (Wildman–Crippen MR) is 148 cm³/mol. The van der Waals surface area contributed by atoms with Crippen molar-refractivity contribution in [1.29, 1.82) is 0 Å². The van der Waals surface area contributed by atoms with Gasteiger partial charge in [0.05, 0.1) is 6.04 Å². The highest BCUT2D eigenvalue weighted by Crippen LogP contribution is 2.32. The largest absolute Gasteiger partial charge is 0.369 e. The first-order valence-electron chi connectivity index (χ1n) is 13.2. The molecule has 2 heterocycles. The molecule has 3 N–H and O–H groups in total. The Balaban J connectivity index is 1.32. The summed E-state index contributed by atoms with van der Waals surface area (Å²) in [6.07, 6.45) is 1.96. The smallest absolute Gasteiger partial charge is 0.251 e. The maximum absolute atomic E-state index is 13.6. The van der Waals surface area contributed by atoms with Gasteiger partial charge < -0.3 is 20.9 Å². The summed E-state index contributed by atoms with van der Waals surface area (Å²) in [6.45, 7) is 7.73. The van der Waals surface area contributed by atoms with Gasteiger partial charge in [0.1, 0.15) is 5.82 Å². The minimum absolute atomic E-state index is 0.0719. The van der Waals surface area contributed by atoms with E-state index >= 15 is 0 Å². The molecule has 0 saturated carbocycles. The summed E-state index contributed by atoms with van der Waals surface area (Å²) in [6, 6.07) is 22.9. The fraction of sp³-hybridized carbons (Fsp3) is 0.323. The number of rotatable bonds is 6. The van der Waals surface area contributed by atoms with Gasteiger partial charge in [-0.3, -0.25) is 4.79 Å². The van der Waals surface area contributed by atoms with Crippen LogP contribution < -0.4 is 20.9 Å². The minimum Gasteiger partial charge on any atom is -0.369 e. The van der Waals surface area contributed by atoms with Crippen LogP contribution in [0.5, 0.6) is 0 Å². The third-order valence-corrected chi connectivity index (χ3v) is 7.33.